The second kappa shape index (κ2) is 21.0. The molecule has 340 valence electrons. The SMILES string of the molecule is CC(C)=O.CC(C)=O.CC(C)=O.CC(c1ccccn1)(c1ccccn1)c1cccc(C(C)(c2ccccn2)c2ccccn2)n1.F[P-](F)(F)(F)(F)F.F[P-](F)(F)(F)(F)F.[Ru+2]. The summed E-state index contributed by atoms with van der Waals surface area (Å²) < 4.78 is 118. The molecular weight excluding hydrogens is 965 g/mol. The summed E-state index contributed by atoms with van der Waals surface area (Å²) in [6.45, 7) is 13.4. The third-order valence-electron chi connectivity index (χ3n) is 6.48. The molecule has 0 saturated carbocycles. The van der Waals surface area contributed by atoms with Crippen LogP contribution in [-0.4, -0.2) is 42.3 Å². The molecule has 0 bridgehead atoms. The number of aromatic nitrogens is 5. The van der Waals surface area contributed by atoms with Crippen LogP contribution < -0.4 is 0 Å². The Hall–Kier alpha value is -4.60. The molecule has 8 nitrogen and oxygen atoms in total. The number of pyridine rings is 5. The van der Waals surface area contributed by atoms with Gasteiger partial charge in [-0.25, -0.2) is 0 Å². The van der Waals surface area contributed by atoms with Crippen molar-refractivity contribution in [2.45, 2.75) is 66.2 Å². The van der Waals surface area contributed by atoms with E-state index in [0.717, 1.165) is 34.2 Å². The second-order valence-electron chi connectivity index (χ2n) is 13.2. The van der Waals surface area contributed by atoms with E-state index in [0.29, 0.717) is 0 Å². The molecule has 0 aliphatic rings. The molecule has 0 amide bonds. The minimum atomic E-state index is -10.7. The van der Waals surface area contributed by atoms with Crippen molar-refractivity contribution in [1.29, 1.82) is 0 Å². The molecule has 5 aromatic heterocycles. The third-order valence-corrected chi connectivity index (χ3v) is 6.48. The summed E-state index contributed by atoms with van der Waals surface area (Å²) in [5.74, 6) is 0.500. The average molecular weight is 1010 g/mol. The maximum atomic E-state index is 9.87. The Morgan fingerprint density at radius 3 is 0.689 bits per heavy atom. The maximum Gasteiger partial charge on any atom is 2.00 e. The molecule has 0 fully saturated rings. The zero-order chi connectivity index (χ0) is 47.0. The molecule has 0 saturated heterocycles. The Labute approximate surface area is 357 Å². The number of hydrogen-bond donors (Lipinski definition) is 0. The first-order chi connectivity index (χ1) is 26.7. The predicted molar refractivity (Wildman–Crippen MR) is 208 cm³/mol. The molecule has 5 heterocycles. The molecule has 0 atom stereocenters. The van der Waals surface area contributed by atoms with E-state index >= 15 is 0 Å². The minimum Gasteiger partial charge on any atom is 2.00 e. The van der Waals surface area contributed by atoms with Gasteiger partial charge in [-0.2, -0.15) is 0 Å². The number of ketones is 3. The van der Waals surface area contributed by atoms with Crippen LogP contribution in [0.1, 0.15) is 89.6 Å². The molecule has 0 N–H and O–H groups in total. The van der Waals surface area contributed by atoms with Gasteiger partial charge in [0.15, 0.2) is 0 Å². The molecule has 0 radical (unpaired) electrons. The fourth-order valence-corrected chi connectivity index (χ4v) is 4.41. The van der Waals surface area contributed by atoms with Crippen LogP contribution in [0.2, 0.25) is 0 Å². The molecule has 0 aliphatic carbocycles. The van der Waals surface area contributed by atoms with Crippen LogP contribution in [0.4, 0.5) is 50.4 Å². The summed E-state index contributed by atoms with van der Waals surface area (Å²) in [5, 5.41) is 0. The zero-order valence-corrected chi connectivity index (χ0v) is 37.2. The second-order valence-corrected chi connectivity index (χ2v) is 17.0. The van der Waals surface area contributed by atoms with Crippen LogP contribution in [0.3, 0.4) is 0 Å². The van der Waals surface area contributed by atoms with Gasteiger partial charge in [-0.05, 0) is 116 Å². The number of rotatable bonds is 6. The first kappa shape index (κ1) is 58.5. The van der Waals surface area contributed by atoms with E-state index in [9.17, 15) is 64.7 Å². The summed E-state index contributed by atoms with van der Waals surface area (Å²) in [4.78, 5) is 52.4. The van der Waals surface area contributed by atoms with Crippen molar-refractivity contribution >= 4 is 33.0 Å². The smallest absolute Gasteiger partial charge is 2.00 e. The van der Waals surface area contributed by atoms with Gasteiger partial charge in [-0.1, -0.05) is 30.3 Å². The van der Waals surface area contributed by atoms with Gasteiger partial charge >= 0.3 is 85.5 Å². The molecule has 0 aliphatic heterocycles. The molecule has 23 heteroatoms. The molecular formula is C38H43F12N5O3P2Ru. The van der Waals surface area contributed by atoms with E-state index in [1.807, 2.05) is 116 Å². The van der Waals surface area contributed by atoms with Gasteiger partial charge in [0.2, 0.25) is 0 Å². The monoisotopic (exact) mass is 1010 g/mol. The molecule has 5 rings (SSSR count). The van der Waals surface area contributed by atoms with Gasteiger partial charge < -0.3 is 14.4 Å². The Kier molecular flexibility index (Phi) is 20.1. The van der Waals surface area contributed by atoms with Gasteiger partial charge in [0.1, 0.15) is 17.3 Å². The van der Waals surface area contributed by atoms with Crippen LogP contribution in [0, 0.1) is 0 Å². The van der Waals surface area contributed by atoms with Crippen LogP contribution in [-0.2, 0) is 44.7 Å². The van der Waals surface area contributed by atoms with Crippen LogP contribution in [0.5, 0.6) is 0 Å². The number of Topliss-reactive ketones (excluding diaryl/α,β-unsaturated/α-hetero) is 3. The molecule has 0 unspecified atom stereocenters. The Morgan fingerprint density at radius 2 is 0.541 bits per heavy atom. The van der Waals surface area contributed by atoms with Gasteiger partial charge in [-0.15, -0.1) is 0 Å². The predicted octanol–water partition coefficient (Wildman–Crippen LogP) is 13.9. The first-order valence-corrected chi connectivity index (χ1v) is 21.0. The number of nitrogens with zero attached hydrogens (tertiary/aromatic N) is 5. The van der Waals surface area contributed by atoms with Gasteiger partial charge in [0, 0.05) is 24.8 Å². The van der Waals surface area contributed by atoms with Crippen LogP contribution in [0.15, 0.2) is 116 Å². The number of carbonyl (C=O) groups excluding carboxylic acids is 3. The van der Waals surface area contributed by atoms with Gasteiger partial charge in [0.25, 0.3) is 0 Å². The van der Waals surface area contributed by atoms with Crippen molar-refractivity contribution in [3.63, 3.8) is 0 Å². The number of hydrogen-bond acceptors (Lipinski definition) is 8. The van der Waals surface area contributed by atoms with Crippen molar-refractivity contribution in [2.75, 3.05) is 0 Å². The van der Waals surface area contributed by atoms with E-state index in [2.05, 4.69) is 13.8 Å². The van der Waals surface area contributed by atoms with Gasteiger partial charge in [-0.3, -0.25) is 24.9 Å². The number of halogens is 12. The number of carbonyl (C=O) groups is 3. The Bertz CT molecular complexity index is 1870. The summed E-state index contributed by atoms with van der Waals surface area (Å²) in [5.41, 5.74) is 3.97. The fraction of sp³-hybridized carbons (Fsp3) is 0.263. The molecule has 0 spiro atoms. The molecule has 61 heavy (non-hydrogen) atoms. The summed E-state index contributed by atoms with van der Waals surface area (Å²) in [6, 6.07) is 29.9. The average Bonchev–Trinajstić information content (AvgIpc) is 3.09. The van der Waals surface area contributed by atoms with Crippen molar-refractivity contribution in [3.8, 4) is 0 Å². The van der Waals surface area contributed by atoms with Crippen molar-refractivity contribution in [2.24, 2.45) is 0 Å². The summed E-state index contributed by atoms with van der Waals surface area (Å²) in [6.07, 6.45) is 7.25. The van der Waals surface area contributed by atoms with E-state index in [-0.39, 0.29) is 36.8 Å². The summed E-state index contributed by atoms with van der Waals surface area (Å²) in [7, 11) is -21.3. The normalized spacial score (nSPS) is 13.2. The zero-order valence-electron chi connectivity index (χ0n) is 33.7. The van der Waals surface area contributed by atoms with Gasteiger partial charge in [0.05, 0.1) is 45.0 Å². The van der Waals surface area contributed by atoms with Crippen molar-refractivity contribution in [3.05, 3.63) is 150 Å². The van der Waals surface area contributed by atoms with Crippen molar-refractivity contribution in [1.82, 2.24) is 24.9 Å². The van der Waals surface area contributed by atoms with Crippen molar-refractivity contribution < 1.29 is 84.2 Å². The quantitative estimate of drug-likeness (QED) is 0.0938. The van der Waals surface area contributed by atoms with E-state index < -0.39 is 26.4 Å². The van der Waals surface area contributed by atoms with E-state index in [1.165, 1.54) is 41.5 Å². The molecule has 0 aromatic carbocycles. The van der Waals surface area contributed by atoms with E-state index in [4.69, 9.17) is 24.9 Å². The first-order valence-electron chi connectivity index (χ1n) is 16.9. The maximum absolute atomic E-state index is 10.7. The third kappa shape index (κ3) is 29.3. The largest absolute Gasteiger partial charge is 2.00 e. The Morgan fingerprint density at radius 1 is 0.377 bits per heavy atom. The fourth-order valence-electron chi connectivity index (χ4n) is 4.41. The topological polar surface area (TPSA) is 116 Å². The summed E-state index contributed by atoms with van der Waals surface area (Å²) >= 11 is 0. The van der Waals surface area contributed by atoms with Crippen LogP contribution in [0.25, 0.3) is 0 Å². The van der Waals surface area contributed by atoms with Crippen LogP contribution >= 0.6 is 15.6 Å². The molecule has 5 aromatic rings. The minimum absolute atomic E-state index is 0. The Balaban J connectivity index is 0. The standard InChI is InChI=1S/C29H25N5.3C3H6O.2F6P.Ru/c1-28(22-12-3-7-18-30-22,23-13-4-8-19-31-23)26-16-11-17-27(34-26)29(2,24-14-5-9-20-32-24)25-15-6-10-21-33-25;3*1-3(2)4;2*1-7(2,3,4,5)6;/h3-21H,1-2H3;3*1-2H3;;;/q;;;;2*-1;+2. The van der Waals surface area contributed by atoms with E-state index in [1.54, 1.807) is 0 Å².